The Morgan fingerprint density at radius 1 is 1.31 bits per heavy atom. The lowest BCUT2D eigenvalue weighted by Crippen LogP contribution is -2.51. The first-order valence-electron chi connectivity index (χ1n) is 8.18. The molecule has 0 saturated heterocycles. The highest BCUT2D eigenvalue weighted by molar-refractivity contribution is 6.35. The Balaban J connectivity index is 2.49. The zero-order valence-corrected chi connectivity index (χ0v) is 15.3. The van der Waals surface area contributed by atoms with Crippen LogP contribution in [0.4, 0.5) is 18.0 Å². The van der Waals surface area contributed by atoms with Crippen LogP contribution < -0.4 is 0 Å². The van der Waals surface area contributed by atoms with E-state index in [1.165, 1.54) is 12.1 Å². The molecule has 0 N–H and O–H groups in total. The van der Waals surface area contributed by atoms with E-state index in [1.54, 1.807) is 20.8 Å². The number of nitrogens with zero attached hydrogens (tertiary/aromatic N) is 2. The summed E-state index contributed by atoms with van der Waals surface area (Å²) in [5, 5.41) is 4.45. The van der Waals surface area contributed by atoms with E-state index < -0.39 is 35.4 Å². The Hall–Kier alpha value is -1.80. The number of carbonyl (C=O) groups excluding carboxylic acids is 1. The van der Waals surface area contributed by atoms with Gasteiger partial charge in [0.25, 0.3) is 0 Å². The number of benzene rings is 1. The molecular weight excluding hydrogens is 373 g/mol. The topological polar surface area (TPSA) is 51.1 Å². The van der Waals surface area contributed by atoms with Crippen molar-refractivity contribution in [2.45, 2.75) is 38.6 Å². The normalized spacial score (nSPS) is 23.6. The van der Waals surface area contributed by atoms with Gasteiger partial charge < -0.3 is 9.47 Å². The van der Waals surface area contributed by atoms with Crippen molar-refractivity contribution in [2.75, 3.05) is 13.2 Å². The predicted molar refractivity (Wildman–Crippen MR) is 91.1 cm³/mol. The van der Waals surface area contributed by atoms with E-state index in [1.807, 2.05) is 0 Å². The van der Waals surface area contributed by atoms with Gasteiger partial charge in [0.2, 0.25) is 0 Å². The van der Waals surface area contributed by atoms with Crippen molar-refractivity contribution in [3.05, 3.63) is 35.4 Å². The largest absolute Gasteiger partial charge is 0.448 e. The molecule has 0 fully saturated rings. The first-order valence-corrected chi connectivity index (χ1v) is 8.62. The second kappa shape index (κ2) is 8.26. The van der Waals surface area contributed by atoms with E-state index in [-0.39, 0.29) is 17.9 Å². The molecule has 1 aliphatic rings. The molecule has 2 rings (SSSR count). The molecule has 144 valence electrons. The third-order valence-electron chi connectivity index (χ3n) is 3.91. The van der Waals surface area contributed by atoms with Gasteiger partial charge in [-0.05, 0) is 31.5 Å². The zero-order chi connectivity index (χ0) is 19.5. The number of hydrogen-bond donors (Lipinski definition) is 0. The quantitative estimate of drug-likeness (QED) is 0.709. The lowest BCUT2D eigenvalue weighted by Gasteiger charge is -2.38. The van der Waals surface area contributed by atoms with Gasteiger partial charge in [-0.15, -0.1) is 11.6 Å². The van der Waals surface area contributed by atoms with Crippen molar-refractivity contribution in [2.24, 2.45) is 11.0 Å². The minimum atomic E-state index is -4.49. The van der Waals surface area contributed by atoms with Crippen molar-refractivity contribution < 1.29 is 27.4 Å². The molecule has 1 aliphatic heterocycles. The molecule has 1 amide bonds. The summed E-state index contributed by atoms with van der Waals surface area (Å²) >= 11 is 6.44. The van der Waals surface area contributed by atoms with E-state index in [4.69, 9.17) is 21.1 Å². The van der Waals surface area contributed by atoms with Crippen molar-refractivity contribution >= 4 is 23.4 Å². The molecule has 9 heteroatoms. The zero-order valence-electron chi connectivity index (χ0n) is 14.6. The molecular formula is C17H20ClF3N2O3. The lowest BCUT2D eigenvalue weighted by molar-refractivity contribution is -0.137. The summed E-state index contributed by atoms with van der Waals surface area (Å²) in [5.74, 6) is -0.414. The minimum Gasteiger partial charge on any atom is -0.448 e. The van der Waals surface area contributed by atoms with Crippen molar-refractivity contribution in [1.29, 1.82) is 0 Å². The van der Waals surface area contributed by atoms with Gasteiger partial charge in [-0.2, -0.15) is 23.3 Å². The number of amides is 1. The summed E-state index contributed by atoms with van der Waals surface area (Å²) in [7, 11) is 0. The Kier molecular flexibility index (Phi) is 6.52. The van der Waals surface area contributed by atoms with Crippen LogP contribution in [0.1, 0.15) is 31.9 Å². The Labute approximate surface area is 154 Å². The molecule has 0 unspecified atom stereocenters. The van der Waals surface area contributed by atoms with E-state index in [2.05, 4.69) is 5.10 Å². The molecule has 0 bridgehead atoms. The average molecular weight is 393 g/mol. The number of ether oxygens (including phenoxy) is 2. The number of alkyl halides is 4. The summed E-state index contributed by atoms with van der Waals surface area (Å²) in [6, 6.07) is 4.68. The van der Waals surface area contributed by atoms with Gasteiger partial charge in [0.1, 0.15) is 0 Å². The fourth-order valence-corrected chi connectivity index (χ4v) is 2.94. The van der Waals surface area contributed by atoms with Crippen LogP contribution in [0.25, 0.3) is 0 Å². The van der Waals surface area contributed by atoms with Crippen molar-refractivity contribution in [1.82, 2.24) is 5.01 Å². The van der Waals surface area contributed by atoms with Crippen LogP contribution in [0.3, 0.4) is 0 Å². The van der Waals surface area contributed by atoms with Crippen LogP contribution in [0.2, 0.25) is 0 Å². The predicted octanol–water partition coefficient (Wildman–Crippen LogP) is 4.49. The number of halogens is 4. The molecule has 0 aliphatic carbocycles. The fourth-order valence-electron chi connectivity index (χ4n) is 2.64. The number of hydrazone groups is 1. The van der Waals surface area contributed by atoms with Gasteiger partial charge >= 0.3 is 12.3 Å². The molecule has 1 aromatic rings. The molecule has 1 heterocycles. The molecule has 0 saturated carbocycles. The van der Waals surface area contributed by atoms with Crippen LogP contribution in [0.5, 0.6) is 0 Å². The smallest absolute Gasteiger partial charge is 0.432 e. The van der Waals surface area contributed by atoms with Gasteiger partial charge in [-0.3, -0.25) is 0 Å². The summed E-state index contributed by atoms with van der Waals surface area (Å²) in [6.45, 7) is 5.57. The Morgan fingerprint density at radius 2 is 2.00 bits per heavy atom. The van der Waals surface area contributed by atoms with Crippen LogP contribution >= 0.6 is 11.6 Å². The number of carbonyl (C=O) groups is 1. The third-order valence-corrected chi connectivity index (χ3v) is 4.51. The molecule has 26 heavy (non-hydrogen) atoms. The lowest BCUT2D eigenvalue weighted by atomic mass is 9.94. The first-order chi connectivity index (χ1) is 12.2. The van der Waals surface area contributed by atoms with Gasteiger partial charge in [0, 0.05) is 12.5 Å². The average Bonchev–Trinajstić information content (AvgIpc) is 2.59. The molecule has 5 nitrogen and oxygen atoms in total. The van der Waals surface area contributed by atoms with Gasteiger partial charge in [-0.25, -0.2) is 4.79 Å². The molecule has 0 spiro atoms. The van der Waals surface area contributed by atoms with E-state index >= 15 is 0 Å². The highest BCUT2D eigenvalue weighted by Gasteiger charge is 2.41. The summed E-state index contributed by atoms with van der Waals surface area (Å²) < 4.78 is 49.5. The third kappa shape index (κ3) is 4.29. The van der Waals surface area contributed by atoms with Crippen LogP contribution in [0, 0.1) is 5.92 Å². The maximum atomic E-state index is 13.0. The molecule has 3 atom stereocenters. The highest BCUT2D eigenvalue weighted by Crippen LogP contribution is 2.33. The monoisotopic (exact) mass is 392 g/mol. The maximum absolute atomic E-state index is 13.0. The Morgan fingerprint density at radius 3 is 2.58 bits per heavy atom. The summed E-state index contributed by atoms with van der Waals surface area (Å²) in [4.78, 5) is 12.2. The van der Waals surface area contributed by atoms with Gasteiger partial charge in [0.05, 0.1) is 23.3 Å². The minimum absolute atomic E-state index is 0.126. The molecule has 0 radical (unpaired) electrons. The first kappa shape index (κ1) is 20.5. The van der Waals surface area contributed by atoms with E-state index in [0.29, 0.717) is 6.61 Å². The van der Waals surface area contributed by atoms with Gasteiger partial charge in [-0.1, -0.05) is 19.1 Å². The number of hydrogen-bond acceptors (Lipinski definition) is 4. The SMILES string of the molecule is CCOC(=O)N1N=C(c2cccc(C(F)(F)F)c2)[C@H](Cl)[C@@H](C)[C@@H]1OCC. The number of rotatable bonds is 4. The summed E-state index contributed by atoms with van der Waals surface area (Å²) in [5.41, 5.74) is -0.464. The fraction of sp³-hybridized carbons (Fsp3) is 0.529. The van der Waals surface area contributed by atoms with Crippen molar-refractivity contribution in [3.8, 4) is 0 Å². The van der Waals surface area contributed by atoms with E-state index in [0.717, 1.165) is 17.1 Å². The second-order valence-corrected chi connectivity index (χ2v) is 6.18. The van der Waals surface area contributed by atoms with Crippen LogP contribution in [-0.2, 0) is 15.7 Å². The molecule has 0 aromatic heterocycles. The van der Waals surface area contributed by atoms with Crippen LogP contribution in [-0.4, -0.2) is 41.6 Å². The van der Waals surface area contributed by atoms with Gasteiger partial charge in [0.15, 0.2) is 6.23 Å². The second-order valence-electron chi connectivity index (χ2n) is 5.71. The Bertz CT molecular complexity index is 681. The van der Waals surface area contributed by atoms with E-state index in [9.17, 15) is 18.0 Å². The maximum Gasteiger partial charge on any atom is 0.432 e. The standard InChI is InChI=1S/C17H20ClF3N2O3/c1-4-25-15-10(3)13(18)14(22-23(15)16(24)26-5-2)11-7-6-8-12(9-11)17(19,20)21/h6-10,13,15H,4-5H2,1-3H3/t10-,13-,15+/m1/s1. The highest BCUT2D eigenvalue weighted by atomic mass is 35.5. The summed E-state index contributed by atoms with van der Waals surface area (Å²) in [6.07, 6.45) is -6.00. The van der Waals surface area contributed by atoms with Crippen LogP contribution in [0.15, 0.2) is 29.4 Å². The van der Waals surface area contributed by atoms with Crippen molar-refractivity contribution in [3.63, 3.8) is 0 Å². The molecule has 1 aromatic carbocycles.